The smallest absolute Gasteiger partial charge is 0.324 e. The number of rotatable bonds is 4. The highest BCUT2D eigenvalue weighted by Gasteiger charge is 2.38. The quantitative estimate of drug-likeness (QED) is 0.798. The maximum atomic E-state index is 12.6. The first-order chi connectivity index (χ1) is 9.46. The highest BCUT2D eigenvalue weighted by atomic mass is 32.2. The third kappa shape index (κ3) is 3.05. The molecule has 0 aliphatic carbocycles. The molecule has 1 aromatic rings. The SMILES string of the molecule is CCOC(=O)C1CCCCN1S(=O)(=O)c1ccc(C)s1. The number of carbonyl (C=O) groups excluding carboxylic acids is 1. The maximum Gasteiger partial charge on any atom is 0.324 e. The zero-order chi connectivity index (χ0) is 14.8. The molecule has 1 saturated heterocycles. The lowest BCUT2D eigenvalue weighted by Crippen LogP contribution is -2.48. The lowest BCUT2D eigenvalue weighted by molar-refractivity contribution is -0.148. The van der Waals surface area contributed by atoms with Crippen LogP contribution in [0.15, 0.2) is 16.3 Å². The summed E-state index contributed by atoms with van der Waals surface area (Å²) < 4.78 is 31.9. The molecule has 0 amide bonds. The van der Waals surface area contributed by atoms with E-state index in [1.165, 1.54) is 15.6 Å². The van der Waals surface area contributed by atoms with Gasteiger partial charge in [0.1, 0.15) is 10.3 Å². The second kappa shape index (κ2) is 6.24. The molecule has 1 fully saturated rings. The van der Waals surface area contributed by atoms with Crippen molar-refractivity contribution in [2.45, 2.75) is 43.4 Å². The second-order valence-electron chi connectivity index (χ2n) is 4.74. The summed E-state index contributed by atoms with van der Waals surface area (Å²) >= 11 is 1.23. The van der Waals surface area contributed by atoms with Gasteiger partial charge in [0.15, 0.2) is 0 Å². The zero-order valence-electron chi connectivity index (χ0n) is 11.7. The molecule has 0 saturated carbocycles. The van der Waals surface area contributed by atoms with Crippen LogP contribution < -0.4 is 0 Å². The number of piperidine rings is 1. The molecule has 5 nitrogen and oxygen atoms in total. The number of aryl methyl sites for hydroxylation is 1. The standard InChI is InChI=1S/C13H19NO4S2/c1-3-18-13(15)11-6-4-5-9-14(11)20(16,17)12-8-7-10(2)19-12/h7-8,11H,3-6,9H2,1-2H3. The van der Waals surface area contributed by atoms with E-state index in [1.807, 2.05) is 6.92 Å². The fourth-order valence-electron chi connectivity index (χ4n) is 2.33. The molecule has 2 heterocycles. The second-order valence-corrected chi connectivity index (χ2v) is 8.15. The van der Waals surface area contributed by atoms with Gasteiger partial charge in [-0.05, 0) is 45.2 Å². The Balaban J connectivity index is 2.29. The first kappa shape index (κ1) is 15.5. The Morgan fingerprint density at radius 3 is 2.80 bits per heavy atom. The highest BCUT2D eigenvalue weighted by Crippen LogP contribution is 2.29. The van der Waals surface area contributed by atoms with Crippen LogP contribution in [-0.2, 0) is 19.6 Å². The van der Waals surface area contributed by atoms with E-state index in [1.54, 1.807) is 19.1 Å². The van der Waals surface area contributed by atoms with E-state index in [4.69, 9.17) is 4.74 Å². The molecule has 1 unspecified atom stereocenters. The van der Waals surface area contributed by atoms with Crippen molar-refractivity contribution in [3.63, 3.8) is 0 Å². The number of nitrogens with zero attached hydrogens (tertiary/aromatic N) is 1. The van der Waals surface area contributed by atoms with Gasteiger partial charge in [0, 0.05) is 11.4 Å². The van der Waals surface area contributed by atoms with Crippen molar-refractivity contribution in [2.24, 2.45) is 0 Å². The number of hydrogen-bond acceptors (Lipinski definition) is 5. The predicted octanol–water partition coefficient (Wildman–Crippen LogP) is 2.16. The predicted molar refractivity (Wildman–Crippen MR) is 77.2 cm³/mol. The van der Waals surface area contributed by atoms with E-state index in [9.17, 15) is 13.2 Å². The molecule has 20 heavy (non-hydrogen) atoms. The van der Waals surface area contributed by atoms with E-state index in [0.29, 0.717) is 17.2 Å². The Morgan fingerprint density at radius 2 is 2.20 bits per heavy atom. The molecule has 7 heteroatoms. The highest BCUT2D eigenvalue weighted by molar-refractivity contribution is 7.91. The fraction of sp³-hybridized carbons (Fsp3) is 0.615. The van der Waals surface area contributed by atoms with Gasteiger partial charge in [-0.25, -0.2) is 8.42 Å². The molecule has 0 spiro atoms. The molecule has 112 valence electrons. The Labute approximate surface area is 123 Å². The number of thiophene rings is 1. The summed E-state index contributed by atoms with van der Waals surface area (Å²) in [6, 6.07) is 2.70. The molecule has 2 rings (SSSR count). The largest absolute Gasteiger partial charge is 0.465 e. The maximum absolute atomic E-state index is 12.6. The van der Waals surface area contributed by atoms with Crippen LogP contribution in [0.2, 0.25) is 0 Å². The van der Waals surface area contributed by atoms with Crippen molar-refractivity contribution < 1.29 is 17.9 Å². The Hall–Kier alpha value is -0.920. The summed E-state index contributed by atoms with van der Waals surface area (Å²) in [7, 11) is -3.60. The van der Waals surface area contributed by atoms with Crippen LogP contribution >= 0.6 is 11.3 Å². The minimum atomic E-state index is -3.60. The molecular formula is C13H19NO4S2. The van der Waals surface area contributed by atoms with E-state index in [0.717, 1.165) is 17.7 Å². The molecule has 0 N–H and O–H groups in total. The number of carbonyl (C=O) groups is 1. The number of esters is 1. The van der Waals surface area contributed by atoms with Crippen LogP contribution in [-0.4, -0.2) is 37.9 Å². The van der Waals surface area contributed by atoms with E-state index >= 15 is 0 Å². The third-order valence-corrected chi connectivity index (χ3v) is 6.67. The average molecular weight is 317 g/mol. The van der Waals surface area contributed by atoms with Gasteiger partial charge in [0.05, 0.1) is 6.61 Å². The van der Waals surface area contributed by atoms with Gasteiger partial charge < -0.3 is 4.74 Å². The van der Waals surface area contributed by atoms with Gasteiger partial charge in [0.2, 0.25) is 0 Å². The van der Waals surface area contributed by atoms with Gasteiger partial charge in [0.25, 0.3) is 10.0 Å². The van der Waals surface area contributed by atoms with Gasteiger partial charge in [-0.2, -0.15) is 4.31 Å². The topological polar surface area (TPSA) is 63.7 Å². The Bertz CT molecular complexity index is 579. The van der Waals surface area contributed by atoms with Gasteiger partial charge in [-0.1, -0.05) is 0 Å². The summed E-state index contributed by atoms with van der Waals surface area (Å²) in [6.07, 6.45) is 2.15. The first-order valence-corrected chi connectivity index (χ1v) is 8.97. The van der Waals surface area contributed by atoms with Crippen molar-refractivity contribution in [3.8, 4) is 0 Å². The fourth-order valence-corrected chi connectivity index (χ4v) is 5.39. The molecule has 0 aromatic carbocycles. The van der Waals surface area contributed by atoms with Crippen LogP contribution in [0.3, 0.4) is 0 Å². The number of hydrogen-bond donors (Lipinski definition) is 0. The Morgan fingerprint density at radius 1 is 1.45 bits per heavy atom. The van der Waals surface area contributed by atoms with Crippen molar-refractivity contribution in [1.82, 2.24) is 4.31 Å². The minimum Gasteiger partial charge on any atom is -0.465 e. The van der Waals surface area contributed by atoms with Crippen LogP contribution in [0.4, 0.5) is 0 Å². The summed E-state index contributed by atoms with van der Waals surface area (Å²) in [5.74, 6) is -0.441. The molecule has 1 atom stereocenters. The average Bonchev–Trinajstić information content (AvgIpc) is 2.86. The molecule has 1 aromatic heterocycles. The lowest BCUT2D eigenvalue weighted by atomic mass is 10.1. The van der Waals surface area contributed by atoms with Crippen molar-refractivity contribution in [2.75, 3.05) is 13.2 Å². The van der Waals surface area contributed by atoms with Gasteiger partial charge >= 0.3 is 5.97 Å². The number of ether oxygens (including phenoxy) is 1. The van der Waals surface area contributed by atoms with E-state index in [-0.39, 0.29) is 6.61 Å². The molecule has 0 radical (unpaired) electrons. The zero-order valence-corrected chi connectivity index (χ0v) is 13.3. The normalized spacial score (nSPS) is 20.8. The van der Waals surface area contributed by atoms with Gasteiger partial charge in [-0.15, -0.1) is 11.3 Å². The molecule has 1 aliphatic rings. The summed E-state index contributed by atoms with van der Waals surface area (Å²) in [5.41, 5.74) is 0. The Kier molecular flexibility index (Phi) is 4.82. The van der Waals surface area contributed by atoms with Gasteiger partial charge in [-0.3, -0.25) is 4.79 Å². The third-order valence-electron chi connectivity index (χ3n) is 3.29. The van der Waals surface area contributed by atoms with Crippen LogP contribution in [0.25, 0.3) is 0 Å². The first-order valence-electron chi connectivity index (χ1n) is 6.71. The van der Waals surface area contributed by atoms with Crippen molar-refractivity contribution >= 4 is 27.3 Å². The molecule has 1 aliphatic heterocycles. The van der Waals surface area contributed by atoms with E-state index in [2.05, 4.69) is 0 Å². The summed E-state index contributed by atoms with van der Waals surface area (Å²) in [6.45, 7) is 4.23. The summed E-state index contributed by atoms with van der Waals surface area (Å²) in [4.78, 5) is 12.9. The molecular weight excluding hydrogens is 298 g/mol. The van der Waals surface area contributed by atoms with E-state index < -0.39 is 22.0 Å². The number of sulfonamides is 1. The minimum absolute atomic E-state index is 0.265. The van der Waals surface area contributed by atoms with Crippen LogP contribution in [0, 0.1) is 6.92 Å². The van der Waals surface area contributed by atoms with Crippen LogP contribution in [0.1, 0.15) is 31.1 Å². The monoisotopic (exact) mass is 317 g/mol. The summed E-state index contributed by atoms with van der Waals surface area (Å²) in [5, 5.41) is 0. The molecule has 0 bridgehead atoms. The van der Waals surface area contributed by atoms with Crippen molar-refractivity contribution in [3.05, 3.63) is 17.0 Å². The van der Waals surface area contributed by atoms with Crippen molar-refractivity contribution in [1.29, 1.82) is 0 Å². The van der Waals surface area contributed by atoms with Crippen LogP contribution in [0.5, 0.6) is 0 Å². The lowest BCUT2D eigenvalue weighted by Gasteiger charge is -2.32.